The number of halogens is 4. The van der Waals surface area contributed by atoms with Gasteiger partial charge in [-0.3, -0.25) is 4.79 Å². The quantitative estimate of drug-likeness (QED) is 0.367. The van der Waals surface area contributed by atoms with E-state index in [-0.39, 0.29) is 28.8 Å². The number of carbonyl (C=O) groups excluding carboxylic acids is 1. The Bertz CT molecular complexity index is 1220. The fourth-order valence-electron chi connectivity index (χ4n) is 6.08. The highest BCUT2D eigenvalue weighted by molar-refractivity contribution is 6.31. The van der Waals surface area contributed by atoms with E-state index in [1.165, 1.54) is 18.2 Å². The van der Waals surface area contributed by atoms with Gasteiger partial charge in [0.15, 0.2) is 0 Å². The number of amides is 1. The minimum atomic E-state index is -1.25. The zero-order chi connectivity index (χ0) is 28.5. The van der Waals surface area contributed by atoms with Crippen molar-refractivity contribution in [2.45, 2.75) is 69.6 Å². The predicted octanol–water partition coefficient (Wildman–Crippen LogP) is 6.05. The van der Waals surface area contributed by atoms with E-state index in [0.717, 1.165) is 5.57 Å². The van der Waals surface area contributed by atoms with Crippen molar-refractivity contribution in [3.63, 3.8) is 0 Å². The van der Waals surface area contributed by atoms with Crippen molar-refractivity contribution >= 4 is 29.1 Å². The lowest BCUT2D eigenvalue weighted by atomic mass is 9.64. The van der Waals surface area contributed by atoms with Crippen LogP contribution in [0, 0.1) is 17.2 Å². The predicted molar refractivity (Wildman–Crippen MR) is 153 cm³/mol. The lowest BCUT2D eigenvalue weighted by Gasteiger charge is -2.44. The van der Waals surface area contributed by atoms with Crippen LogP contribution in [0.3, 0.4) is 0 Å². The molecule has 1 aliphatic heterocycles. The zero-order valence-corrected chi connectivity index (χ0v) is 24.3. The maximum absolute atomic E-state index is 15.7. The molecule has 1 amide bonds. The zero-order valence-electron chi connectivity index (χ0n) is 22.7. The summed E-state index contributed by atoms with van der Waals surface area (Å²) in [6, 6.07) is 2.88. The molecule has 1 saturated heterocycles. The van der Waals surface area contributed by atoms with Gasteiger partial charge in [-0.05, 0) is 54.0 Å². The van der Waals surface area contributed by atoms with Crippen molar-refractivity contribution in [2.75, 3.05) is 13.7 Å². The molecule has 4 rings (SSSR count). The number of nitrogens with one attached hydrogen (secondary N) is 2. The average molecular weight is 581 g/mol. The summed E-state index contributed by atoms with van der Waals surface area (Å²) in [5.41, 5.74) is 7.50. The average Bonchev–Trinajstić information content (AvgIpc) is 3.13. The second-order valence-electron chi connectivity index (χ2n) is 11.9. The second-order valence-corrected chi connectivity index (χ2v) is 12.8. The molecular formula is C30H37Cl2F2N3O2. The van der Waals surface area contributed by atoms with E-state index in [4.69, 9.17) is 33.7 Å². The molecule has 0 radical (unpaired) electrons. The van der Waals surface area contributed by atoms with Gasteiger partial charge in [-0.15, -0.1) is 0 Å². The molecule has 6 unspecified atom stereocenters. The number of rotatable bonds is 7. The Kier molecular flexibility index (Phi) is 9.08. The van der Waals surface area contributed by atoms with Crippen molar-refractivity contribution in [1.82, 2.24) is 10.6 Å². The van der Waals surface area contributed by atoms with Gasteiger partial charge >= 0.3 is 0 Å². The Labute approximate surface area is 239 Å². The number of ether oxygens (including phenoxy) is 1. The van der Waals surface area contributed by atoms with E-state index in [9.17, 15) is 9.18 Å². The highest BCUT2D eigenvalue weighted by Crippen LogP contribution is 2.50. The topological polar surface area (TPSA) is 76.4 Å². The first-order valence-corrected chi connectivity index (χ1v) is 14.0. The largest absolute Gasteiger partial charge is 0.380 e. The third-order valence-electron chi connectivity index (χ3n) is 7.83. The van der Waals surface area contributed by atoms with Crippen LogP contribution in [-0.2, 0) is 9.53 Å². The maximum Gasteiger partial charge on any atom is 0.238 e. The molecule has 9 heteroatoms. The molecule has 0 bridgehead atoms. The van der Waals surface area contributed by atoms with Crippen molar-refractivity contribution in [3.8, 4) is 0 Å². The van der Waals surface area contributed by atoms with Gasteiger partial charge in [-0.2, -0.15) is 0 Å². The number of hydrogen-bond donors (Lipinski definition) is 3. The molecule has 2 aliphatic carbocycles. The third kappa shape index (κ3) is 6.49. The van der Waals surface area contributed by atoms with Crippen molar-refractivity contribution in [1.29, 1.82) is 0 Å². The summed E-state index contributed by atoms with van der Waals surface area (Å²) in [5, 5.41) is 6.83. The molecular weight excluding hydrogens is 543 g/mol. The molecule has 5 nitrogen and oxygen atoms in total. The van der Waals surface area contributed by atoms with E-state index in [1.807, 2.05) is 18.2 Å². The first kappa shape index (κ1) is 29.9. The Morgan fingerprint density at radius 2 is 1.97 bits per heavy atom. The van der Waals surface area contributed by atoms with Crippen LogP contribution in [0.15, 0.2) is 65.0 Å². The van der Waals surface area contributed by atoms with Crippen LogP contribution < -0.4 is 16.4 Å². The van der Waals surface area contributed by atoms with E-state index in [1.54, 1.807) is 19.3 Å². The normalized spacial score (nSPS) is 31.0. The Balaban J connectivity index is 1.75. The first-order valence-electron chi connectivity index (χ1n) is 13.2. The molecule has 212 valence electrons. The summed E-state index contributed by atoms with van der Waals surface area (Å²) in [6.45, 7) is 6.73. The third-order valence-corrected chi connectivity index (χ3v) is 8.39. The van der Waals surface area contributed by atoms with Gasteiger partial charge in [-0.1, -0.05) is 74.3 Å². The van der Waals surface area contributed by atoms with Crippen LogP contribution in [0.5, 0.6) is 0 Å². The monoisotopic (exact) mass is 579 g/mol. The van der Waals surface area contributed by atoms with Gasteiger partial charge in [0.25, 0.3) is 0 Å². The van der Waals surface area contributed by atoms with E-state index >= 15 is 4.39 Å². The molecule has 1 heterocycles. The number of nitrogens with two attached hydrogens (primary N) is 1. The second kappa shape index (κ2) is 11.8. The molecule has 0 spiro atoms. The van der Waals surface area contributed by atoms with Crippen LogP contribution in [0.25, 0.3) is 0 Å². The van der Waals surface area contributed by atoms with Crippen molar-refractivity contribution in [2.24, 2.45) is 17.1 Å². The SMILES string of the molecule is COCC1=CCC(NC(=O)C2NC(CC(C)(C)C)C(N)(C3CC=C(Cl)C=C3F)C2c2ccc(F)c(Cl)c2)C=C1. The molecule has 4 N–H and O–H groups in total. The van der Waals surface area contributed by atoms with Crippen molar-refractivity contribution in [3.05, 3.63) is 81.4 Å². The lowest BCUT2D eigenvalue weighted by molar-refractivity contribution is -0.123. The Morgan fingerprint density at radius 3 is 2.56 bits per heavy atom. The van der Waals surface area contributed by atoms with E-state index in [2.05, 4.69) is 31.4 Å². The summed E-state index contributed by atoms with van der Waals surface area (Å²) in [6.07, 6.45) is 10.4. The Morgan fingerprint density at radius 1 is 1.23 bits per heavy atom. The number of benzene rings is 1. The molecule has 1 aromatic rings. The van der Waals surface area contributed by atoms with Crippen LogP contribution in [0.2, 0.25) is 5.02 Å². The van der Waals surface area contributed by atoms with Crippen LogP contribution in [0.4, 0.5) is 8.78 Å². The number of methoxy groups -OCH3 is 1. The lowest BCUT2D eigenvalue weighted by Crippen LogP contribution is -2.60. The van der Waals surface area contributed by atoms with Gasteiger partial charge in [0, 0.05) is 35.6 Å². The van der Waals surface area contributed by atoms with Gasteiger partial charge in [0.1, 0.15) is 11.6 Å². The molecule has 0 saturated carbocycles. The summed E-state index contributed by atoms with van der Waals surface area (Å²) in [4.78, 5) is 13.9. The fourth-order valence-corrected chi connectivity index (χ4v) is 6.46. The number of allylic oxidation sites excluding steroid dienone is 3. The fraction of sp³-hybridized carbons (Fsp3) is 0.500. The summed E-state index contributed by atoms with van der Waals surface area (Å²) in [7, 11) is 1.64. The molecule has 0 aromatic heterocycles. The van der Waals surface area contributed by atoms with Gasteiger partial charge in [-0.25, -0.2) is 8.78 Å². The molecule has 3 aliphatic rings. The minimum Gasteiger partial charge on any atom is -0.380 e. The first-order chi connectivity index (χ1) is 18.3. The van der Waals surface area contributed by atoms with Crippen LogP contribution >= 0.6 is 23.2 Å². The summed E-state index contributed by atoms with van der Waals surface area (Å²) < 4.78 is 35.1. The molecule has 1 aromatic carbocycles. The standard InChI is InChI=1S/C30H37Cl2F2N3O2/c1-29(2,3)15-25-30(35,21-11-8-19(31)14-24(21)34)26(18-7-12-23(33)22(32)13-18)27(37-25)28(38)36-20-9-5-17(6-10-20)16-39-4/h5-9,12-14,20-21,25-27,37H,10-11,15-16,35H2,1-4H3,(H,36,38). The van der Waals surface area contributed by atoms with Crippen LogP contribution in [0.1, 0.15) is 51.5 Å². The number of carbonyl (C=O) groups is 1. The van der Waals surface area contributed by atoms with Crippen LogP contribution in [-0.4, -0.2) is 43.3 Å². The Hall–Kier alpha value is -2.03. The molecule has 1 fully saturated rings. The summed E-state index contributed by atoms with van der Waals surface area (Å²) in [5.74, 6) is -2.73. The van der Waals surface area contributed by atoms with Gasteiger partial charge in [0.05, 0.1) is 23.7 Å². The molecule has 39 heavy (non-hydrogen) atoms. The summed E-state index contributed by atoms with van der Waals surface area (Å²) >= 11 is 12.3. The van der Waals surface area contributed by atoms with E-state index in [0.29, 0.717) is 30.0 Å². The number of hydrogen-bond acceptors (Lipinski definition) is 4. The highest BCUT2D eigenvalue weighted by atomic mass is 35.5. The smallest absolute Gasteiger partial charge is 0.238 e. The highest BCUT2D eigenvalue weighted by Gasteiger charge is 2.60. The minimum absolute atomic E-state index is 0.0816. The molecule has 6 atom stereocenters. The van der Waals surface area contributed by atoms with Gasteiger partial charge in [0.2, 0.25) is 5.91 Å². The maximum atomic E-state index is 15.7. The van der Waals surface area contributed by atoms with E-state index < -0.39 is 41.1 Å². The van der Waals surface area contributed by atoms with Gasteiger partial charge < -0.3 is 21.1 Å². The van der Waals surface area contributed by atoms with Crippen molar-refractivity contribution < 1.29 is 18.3 Å².